The molecule has 3 N–H and O–H groups in total. The highest BCUT2D eigenvalue weighted by Gasteiger charge is 2.13. The van der Waals surface area contributed by atoms with Gasteiger partial charge in [-0.15, -0.1) is 0 Å². The summed E-state index contributed by atoms with van der Waals surface area (Å²) < 4.78 is 26.9. The number of amides is 3. The lowest BCUT2D eigenvalue weighted by atomic mass is 10.2. The van der Waals surface area contributed by atoms with E-state index in [1.54, 1.807) is 42.5 Å². The van der Waals surface area contributed by atoms with Gasteiger partial charge in [-0.25, -0.2) is 13.6 Å². The molecule has 0 spiro atoms. The topological polar surface area (TPSA) is 70.2 Å². The Kier molecular flexibility index (Phi) is 5.41. The first-order chi connectivity index (χ1) is 13.0. The van der Waals surface area contributed by atoms with Crippen molar-refractivity contribution in [3.63, 3.8) is 0 Å². The Bertz CT molecular complexity index is 978. The summed E-state index contributed by atoms with van der Waals surface area (Å²) in [5.74, 6) is -2.34. The molecule has 0 aromatic heterocycles. The maximum atomic E-state index is 13.7. The number of hydrogen-bond donors (Lipinski definition) is 3. The molecule has 0 heterocycles. The highest BCUT2D eigenvalue weighted by molar-refractivity contribution is 6.05. The Labute approximate surface area is 154 Å². The van der Waals surface area contributed by atoms with Crippen molar-refractivity contribution in [2.45, 2.75) is 0 Å². The summed E-state index contributed by atoms with van der Waals surface area (Å²) in [6, 6.07) is 17.4. The van der Waals surface area contributed by atoms with Crippen LogP contribution in [-0.2, 0) is 0 Å². The van der Waals surface area contributed by atoms with E-state index < -0.39 is 29.1 Å². The van der Waals surface area contributed by atoms with Gasteiger partial charge < -0.3 is 16.0 Å². The number of anilines is 3. The molecule has 3 aromatic rings. The summed E-state index contributed by atoms with van der Waals surface area (Å²) in [5.41, 5.74) is 0.957. The van der Waals surface area contributed by atoms with Gasteiger partial charge in [-0.2, -0.15) is 0 Å². The van der Waals surface area contributed by atoms with Crippen LogP contribution in [0.3, 0.4) is 0 Å². The van der Waals surface area contributed by atoms with Crippen LogP contribution in [0.2, 0.25) is 0 Å². The second-order valence-electron chi connectivity index (χ2n) is 5.60. The zero-order valence-electron chi connectivity index (χ0n) is 14.0. The van der Waals surface area contributed by atoms with Gasteiger partial charge in [-0.3, -0.25) is 4.79 Å². The molecule has 0 fully saturated rings. The Morgan fingerprint density at radius 2 is 1.30 bits per heavy atom. The van der Waals surface area contributed by atoms with E-state index in [9.17, 15) is 18.4 Å². The molecule has 3 amide bonds. The number of rotatable bonds is 4. The third-order valence-electron chi connectivity index (χ3n) is 3.58. The minimum absolute atomic E-state index is 0.321. The molecule has 0 aliphatic carbocycles. The number of benzene rings is 3. The van der Waals surface area contributed by atoms with Crippen LogP contribution >= 0.6 is 0 Å². The van der Waals surface area contributed by atoms with Gasteiger partial charge in [0.2, 0.25) is 0 Å². The van der Waals surface area contributed by atoms with E-state index >= 15 is 0 Å². The Hall–Kier alpha value is -3.74. The van der Waals surface area contributed by atoms with Crippen molar-refractivity contribution in [2.75, 3.05) is 16.0 Å². The summed E-state index contributed by atoms with van der Waals surface area (Å²) >= 11 is 0. The lowest BCUT2D eigenvalue weighted by Gasteiger charge is -2.10. The zero-order valence-corrected chi connectivity index (χ0v) is 14.0. The quantitative estimate of drug-likeness (QED) is 0.616. The molecule has 27 heavy (non-hydrogen) atoms. The molecule has 0 atom stereocenters. The van der Waals surface area contributed by atoms with Gasteiger partial charge in [0.1, 0.15) is 11.6 Å². The fourth-order valence-electron chi connectivity index (χ4n) is 2.36. The summed E-state index contributed by atoms with van der Waals surface area (Å²) in [6.45, 7) is 0. The number of nitrogens with one attached hydrogen (secondary N) is 3. The first-order valence-corrected chi connectivity index (χ1v) is 8.01. The summed E-state index contributed by atoms with van der Waals surface area (Å²) in [4.78, 5) is 24.2. The minimum atomic E-state index is -0.828. The van der Waals surface area contributed by atoms with Crippen molar-refractivity contribution < 1.29 is 18.4 Å². The van der Waals surface area contributed by atoms with Crippen molar-refractivity contribution in [1.82, 2.24) is 0 Å². The van der Waals surface area contributed by atoms with Crippen LogP contribution in [0.5, 0.6) is 0 Å². The number of carbonyl (C=O) groups is 2. The van der Waals surface area contributed by atoms with Gasteiger partial charge in [0.05, 0.1) is 5.56 Å². The van der Waals surface area contributed by atoms with E-state index in [0.717, 1.165) is 18.2 Å². The minimum Gasteiger partial charge on any atom is -0.322 e. The molecule has 0 aliphatic rings. The van der Waals surface area contributed by atoms with Crippen LogP contribution in [-0.4, -0.2) is 11.9 Å². The van der Waals surface area contributed by atoms with Crippen LogP contribution in [0.25, 0.3) is 0 Å². The van der Waals surface area contributed by atoms with E-state index in [-0.39, 0.29) is 0 Å². The molecule has 0 radical (unpaired) electrons. The normalized spacial score (nSPS) is 10.1. The van der Waals surface area contributed by atoms with Crippen molar-refractivity contribution in [1.29, 1.82) is 0 Å². The van der Waals surface area contributed by atoms with Gasteiger partial charge in [-0.05, 0) is 48.5 Å². The van der Waals surface area contributed by atoms with Gasteiger partial charge in [0.15, 0.2) is 0 Å². The summed E-state index contributed by atoms with van der Waals surface area (Å²) in [5, 5.41) is 7.76. The average Bonchev–Trinajstić information content (AvgIpc) is 2.64. The maximum absolute atomic E-state index is 13.7. The third-order valence-corrected chi connectivity index (χ3v) is 3.58. The van der Waals surface area contributed by atoms with Crippen molar-refractivity contribution in [3.05, 3.63) is 90.0 Å². The van der Waals surface area contributed by atoms with Crippen molar-refractivity contribution >= 4 is 29.0 Å². The molecular formula is C20H15F2N3O2. The molecule has 136 valence electrons. The van der Waals surface area contributed by atoms with Crippen LogP contribution < -0.4 is 16.0 Å². The monoisotopic (exact) mass is 367 g/mol. The Balaban J connectivity index is 1.67. The zero-order chi connectivity index (χ0) is 19.2. The molecule has 0 saturated carbocycles. The fourth-order valence-corrected chi connectivity index (χ4v) is 2.36. The first-order valence-electron chi connectivity index (χ1n) is 8.01. The van der Waals surface area contributed by atoms with Gasteiger partial charge in [0, 0.05) is 17.1 Å². The lowest BCUT2D eigenvalue weighted by Crippen LogP contribution is -2.19. The molecule has 0 saturated heterocycles. The molecule has 3 aromatic carbocycles. The van der Waals surface area contributed by atoms with Crippen LogP contribution in [0.15, 0.2) is 72.8 Å². The molecule has 5 nitrogen and oxygen atoms in total. The summed E-state index contributed by atoms with van der Waals surface area (Å²) in [7, 11) is 0. The van der Waals surface area contributed by atoms with Crippen LogP contribution in [0.4, 0.5) is 30.6 Å². The van der Waals surface area contributed by atoms with Gasteiger partial charge >= 0.3 is 6.03 Å². The molecular weight excluding hydrogens is 352 g/mol. The number of halogens is 2. The van der Waals surface area contributed by atoms with Gasteiger partial charge in [-0.1, -0.05) is 24.3 Å². The highest BCUT2D eigenvalue weighted by atomic mass is 19.1. The first kappa shape index (κ1) is 18.1. The SMILES string of the molecule is O=C(Nc1ccccc1)Nc1cccc(NC(=O)c2cc(F)ccc2F)c1. The van der Waals surface area contributed by atoms with Crippen molar-refractivity contribution in [2.24, 2.45) is 0 Å². The van der Waals surface area contributed by atoms with Gasteiger partial charge in [0.25, 0.3) is 5.91 Å². The molecule has 7 heteroatoms. The maximum Gasteiger partial charge on any atom is 0.323 e. The van der Waals surface area contributed by atoms with E-state index in [1.807, 2.05) is 6.07 Å². The third kappa shape index (κ3) is 4.88. The molecule has 0 unspecified atom stereocenters. The van der Waals surface area contributed by atoms with E-state index in [0.29, 0.717) is 17.1 Å². The fraction of sp³-hybridized carbons (Fsp3) is 0. The summed E-state index contributed by atoms with van der Waals surface area (Å²) in [6.07, 6.45) is 0. The number of urea groups is 1. The van der Waals surface area contributed by atoms with Crippen LogP contribution in [0.1, 0.15) is 10.4 Å². The van der Waals surface area contributed by atoms with E-state index in [1.165, 1.54) is 6.07 Å². The van der Waals surface area contributed by atoms with E-state index in [4.69, 9.17) is 0 Å². The second-order valence-corrected chi connectivity index (χ2v) is 5.60. The number of carbonyl (C=O) groups excluding carboxylic acids is 2. The number of hydrogen-bond acceptors (Lipinski definition) is 2. The standard InChI is InChI=1S/C20H15F2N3O2/c21-13-9-10-18(22)17(11-13)19(26)23-15-7-4-8-16(12-15)25-20(27)24-14-5-2-1-3-6-14/h1-12H,(H,23,26)(H2,24,25,27). The average molecular weight is 367 g/mol. The van der Waals surface area contributed by atoms with Crippen LogP contribution in [0, 0.1) is 11.6 Å². The number of para-hydroxylation sites is 1. The van der Waals surface area contributed by atoms with Crippen molar-refractivity contribution in [3.8, 4) is 0 Å². The predicted octanol–water partition coefficient (Wildman–Crippen LogP) is 4.86. The second kappa shape index (κ2) is 8.09. The lowest BCUT2D eigenvalue weighted by molar-refractivity contribution is 0.102. The molecule has 0 bridgehead atoms. The Morgan fingerprint density at radius 3 is 2.04 bits per heavy atom. The highest BCUT2D eigenvalue weighted by Crippen LogP contribution is 2.18. The predicted molar refractivity (Wildman–Crippen MR) is 99.8 cm³/mol. The largest absolute Gasteiger partial charge is 0.323 e. The molecule has 3 rings (SSSR count). The Morgan fingerprint density at radius 1 is 0.667 bits per heavy atom. The molecule has 0 aliphatic heterocycles. The van der Waals surface area contributed by atoms with E-state index in [2.05, 4.69) is 16.0 Å². The smallest absolute Gasteiger partial charge is 0.322 e.